The second kappa shape index (κ2) is 4.31. The number of aliphatic hydroxyl groups excluding tert-OH is 2. The first kappa shape index (κ1) is 10.4. The molecule has 0 aromatic rings. The summed E-state index contributed by atoms with van der Waals surface area (Å²) < 4.78 is 0. The Labute approximate surface area is 65.5 Å². The predicted octanol–water partition coefficient (Wildman–Crippen LogP) is -0.158. The summed E-state index contributed by atoms with van der Waals surface area (Å²) >= 11 is 0. The standard InChI is InChI=1S/C7H14O4/c1-2-7(5-9,3-4-8)6(10)11/h8-9H,2-5H2,1H3,(H,10,11). The van der Waals surface area contributed by atoms with Crippen molar-refractivity contribution in [1.82, 2.24) is 0 Å². The molecule has 0 saturated carbocycles. The van der Waals surface area contributed by atoms with E-state index in [9.17, 15) is 4.79 Å². The predicted molar refractivity (Wildman–Crippen MR) is 39.1 cm³/mol. The first-order valence-corrected chi connectivity index (χ1v) is 3.58. The van der Waals surface area contributed by atoms with Crippen molar-refractivity contribution in [3.05, 3.63) is 0 Å². The zero-order chi connectivity index (χ0) is 8.91. The summed E-state index contributed by atoms with van der Waals surface area (Å²) in [7, 11) is 0. The Morgan fingerprint density at radius 3 is 2.09 bits per heavy atom. The third-order valence-electron chi connectivity index (χ3n) is 2.02. The number of aliphatic carboxylic acids is 1. The van der Waals surface area contributed by atoms with Crippen LogP contribution in [0.1, 0.15) is 19.8 Å². The normalized spacial score (nSPS) is 15.9. The van der Waals surface area contributed by atoms with Crippen LogP contribution in [0, 0.1) is 5.41 Å². The average Bonchev–Trinajstić information content (AvgIpc) is 2.00. The molecule has 0 rings (SSSR count). The minimum Gasteiger partial charge on any atom is -0.481 e. The van der Waals surface area contributed by atoms with E-state index in [1.807, 2.05) is 0 Å². The molecular formula is C7H14O4. The van der Waals surface area contributed by atoms with E-state index in [1.54, 1.807) is 6.92 Å². The van der Waals surface area contributed by atoms with Gasteiger partial charge in [0.25, 0.3) is 0 Å². The summed E-state index contributed by atoms with van der Waals surface area (Å²) in [5.74, 6) is -1.04. The number of hydrogen-bond donors (Lipinski definition) is 3. The molecule has 0 spiro atoms. The first-order valence-electron chi connectivity index (χ1n) is 3.58. The molecule has 0 amide bonds. The van der Waals surface area contributed by atoms with Crippen LogP contribution in [0.15, 0.2) is 0 Å². The number of hydrogen-bond acceptors (Lipinski definition) is 3. The van der Waals surface area contributed by atoms with Gasteiger partial charge in [-0.2, -0.15) is 0 Å². The zero-order valence-corrected chi connectivity index (χ0v) is 6.58. The quantitative estimate of drug-likeness (QED) is 0.525. The van der Waals surface area contributed by atoms with Crippen LogP contribution in [0.5, 0.6) is 0 Å². The molecule has 11 heavy (non-hydrogen) atoms. The number of carboxylic acids is 1. The lowest BCUT2D eigenvalue weighted by Gasteiger charge is -2.24. The lowest BCUT2D eigenvalue weighted by atomic mass is 9.83. The third kappa shape index (κ3) is 2.17. The molecule has 0 aliphatic heterocycles. The van der Waals surface area contributed by atoms with E-state index >= 15 is 0 Å². The fraction of sp³-hybridized carbons (Fsp3) is 0.857. The van der Waals surface area contributed by atoms with E-state index in [2.05, 4.69) is 0 Å². The summed E-state index contributed by atoms with van der Waals surface area (Å²) in [4.78, 5) is 10.6. The van der Waals surface area contributed by atoms with E-state index in [0.717, 1.165) is 0 Å². The maximum atomic E-state index is 10.6. The van der Waals surface area contributed by atoms with Gasteiger partial charge in [-0.3, -0.25) is 4.79 Å². The topological polar surface area (TPSA) is 77.8 Å². The molecule has 0 heterocycles. The van der Waals surface area contributed by atoms with E-state index < -0.39 is 18.0 Å². The number of rotatable bonds is 5. The Balaban J connectivity index is 4.32. The summed E-state index contributed by atoms with van der Waals surface area (Å²) in [6.45, 7) is 1.06. The van der Waals surface area contributed by atoms with Crippen molar-refractivity contribution in [2.75, 3.05) is 13.2 Å². The molecule has 0 radical (unpaired) electrons. The monoisotopic (exact) mass is 162 g/mol. The van der Waals surface area contributed by atoms with Gasteiger partial charge in [0.05, 0.1) is 12.0 Å². The molecule has 3 N–H and O–H groups in total. The third-order valence-corrected chi connectivity index (χ3v) is 2.02. The Morgan fingerprint density at radius 1 is 1.45 bits per heavy atom. The van der Waals surface area contributed by atoms with Crippen LogP contribution < -0.4 is 0 Å². The van der Waals surface area contributed by atoms with Gasteiger partial charge in [-0.15, -0.1) is 0 Å². The Bertz CT molecular complexity index is 128. The van der Waals surface area contributed by atoms with E-state index in [0.29, 0.717) is 6.42 Å². The summed E-state index contributed by atoms with van der Waals surface area (Å²) in [5.41, 5.74) is -1.14. The molecule has 0 aromatic carbocycles. The van der Waals surface area contributed by atoms with Crippen molar-refractivity contribution in [3.8, 4) is 0 Å². The molecular weight excluding hydrogens is 148 g/mol. The van der Waals surface area contributed by atoms with Gasteiger partial charge in [-0.1, -0.05) is 6.92 Å². The number of aliphatic hydroxyl groups is 2. The molecule has 0 aromatic heterocycles. The molecule has 0 saturated heterocycles. The van der Waals surface area contributed by atoms with Gasteiger partial charge in [0.1, 0.15) is 0 Å². The fourth-order valence-corrected chi connectivity index (χ4v) is 0.907. The lowest BCUT2D eigenvalue weighted by Crippen LogP contribution is -2.35. The maximum absolute atomic E-state index is 10.6. The van der Waals surface area contributed by atoms with Gasteiger partial charge < -0.3 is 15.3 Å². The molecule has 1 atom stereocenters. The lowest BCUT2D eigenvalue weighted by molar-refractivity contribution is -0.153. The van der Waals surface area contributed by atoms with E-state index in [4.69, 9.17) is 15.3 Å². The van der Waals surface area contributed by atoms with Gasteiger partial charge in [-0.05, 0) is 12.8 Å². The number of carboxylic acid groups (broad SMARTS) is 1. The Morgan fingerprint density at radius 2 is 2.00 bits per heavy atom. The van der Waals surface area contributed by atoms with Crippen molar-refractivity contribution in [1.29, 1.82) is 0 Å². The molecule has 4 heteroatoms. The minimum absolute atomic E-state index is 0.106. The first-order chi connectivity index (χ1) is 5.13. The molecule has 0 bridgehead atoms. The van der Waals surface area contributed by atoms with Crippen LogP contribution in [-0.4, -0.2) is 34.5 Å². The van der Waals surface area contributed by atoms with Crippen LogP contribution in [-0.2, 0) is 4.79 Å². The van der Waals surface area contributed by atoms with E-state index in [-0.39, 0.29) is 13.0 Å². The summed E-state index contributed by atoms with van der Waals surface area (Å²) in [6.07, 6.45) is 0.439. The second-order valence-electron chi connectivity index (χ2n) is 2.57. The molecule has 0 aliphatic rings. The minimum atomic E-state index is -1.14. The zero-order valence-electron chi connectivity index (χ0n) is 6.58. The van der Waals surface area contributed by atoms with E-state index in [1.165, 1.54) is 0 Å². The summed E-state index contributed by atoms with van der Waals surface area (Å²) in [5, 5.41) is 26.0. The Kier molecular flexibility index (Phi) is 4.07. The smallest absolute Gasteiger partial charge is 0.312 e. The van der Waals surface area contributed by atoms with Crippen LogP contribution in [0.2, 0.25) is 0 Å². The molecule has 0 fully saturated rings. The van der Waals surface area contributed by atoms with Crippen LogP contribution in [0.4, 0.5) is 0 Å². The highest BCUT2D eigenvalue weighted by atomic mass is 16.4. The van der Waals surface area contributed by atoms with Crippen LogP contribution >= 0.6 is 0 Å². The molecule has 1 unspecified atom stereocenters. The molecule has 4 nitrogen and oxygen atoms in total. The number of carbonyl (C=O) groups is 1. The van der Waals surface area contributed by atoms with Crippen LogP contribution in [0.25, 0.3) is 0 Å². The highest BCUT2D eigenvalue weighted by molar-refractivity contribution is 5.74. The van der Waals surface area contributed by atoms with Crippen molar-refractivity contribution in [3.63, 3.8) is 0 Å². The Hall–Kier alpha value is -0.610. The highest BCUT2D eigenvalue weighted by Crippen LogP contribution is 2.25. The van der Waals surface area contributed by atoms with Crippen molar-refractivity contribution in [2.24, 2.45) is 5.41 Å². The molecule has 66 valence electrons. The van der Waals surface area contributed by atoms with Gasteiger partial charge in [0.15, 0.2) is 0 Å². The fourth-order valence-electron chi connectivity index (χ4n) is 0.907. The maximum Gasteiger partial charge on any atom is 0.312 e. The molecule has 0 aliphatic carbocycles. The van der Waals surface area contributed by atoms with Crippen LogP contribution in [0.3, 0.4) is 0 Å². The van der Waals surface area contributed by atoms with Crippen molar-refractivity contribution in [2.45, 2.75) is 19.8 Å². The van der Waals surface area contributed by atoms with Crippen molar-refractivity contribution >= 4 is 5.97 Å². The van der Waals surface area contributed by atoms with Crippen molar-refractivity contribution < 1.29 is 20.1 Å². The second-order valence-corrected chi connectivity index (χ2v) is 2.57. The average molecular weight is 162 g/mol. The van der Waals surface area contributed by atoms with Gasteiger partial charge in [-0.25, -0.2) is 0 Å². The van der Waals surface area contributed by atoms with Gasteiger partial charge >= 0.3 is 5.97 Å². The summed E-state index contributed by atoms with van der Waals surface area (Å²) in [6, 6.07) is 0. The SMILES string of the molecule is CCC(CO)(CCO)C(=O)O. The van der Waals surface area contributed by atoms with Gasteiger partial charge in [0.2, 0.25) is 0 Å². The highest BCUT2D eigenvalue weighted by Gasteiger charge is 2.35. The van der Waals surface area contributed by atoms with Gasteiger partial charge in [0, 0.05) is 6.61 Å². The largest absolute Gasteiger partial charge is 0.481 e.